The van der Waals surface area contributed by atoms with Crippen LogP contribution in [0, 0.1) is 0 Å². The average molecular weight is 448 g/mol. The molecule has 3 rings (SSSR count). The molecule has 0 bridgehead atoms. The van der Waals surface area contributed by atoms with Gasteiger partial charge in [-0.1, -0.05) is 18.2 Å². The summed E-state index contributed by atoms with van der Waals surface area (Å²) in [5, 5.41) is 4.93. The highest BCUT2D eigenvalue weighted by molar-refractivity contribution is 7.13. The maximum atomic E-state index is 12.9. The molecule has 1 amide bonds. The van der Waals surface area contributed by atoms with Crippen molar-refractivity contribution in [1.82, 2.24) is 10.3 Å². The van der Waals surface area contributed by atoms with E-state index in [0.29, 0.717) is 34.3 Å². The maximum absolute atomic E-state index is 12.9. The van der Waals surface area contributed by atoms with Crippen molar-refractivity contribution in [2.24, 2.45) is 0 Å². The minimum absolute atomic E-state index is 0.0511. The molecular weight excluding hydrogens is 429 g/mol. The Morgan fingerprint density at radius 3 is 2.74 bits per heavy atom. The number of carbonyl (C=O) groups is 1. The van der Waals surface area contributed by atoms with Crippen LogP contribution in [-0.4, -0.2) is 24.5 Å². The molecule has 1 aromatic heterocycles. The standard InChI is InChI=1S/C22H19F3N2O3S/c1-3-9-26-20(28)17-13-31-21(27-17)15-7-8-18(19(11-15)29-2)30-12-14-5-4-6-16(10-14)22(23,24)25/h3-8,10-11,13H,1,9,12H2,2H3,(H,26,28). The van der Waals surface area contributed by atoms with E-state index in [4.69, 9.17) is 9.47 Å². The van der Waals surface area contributed by atoms with E-state index in [1.165, 1.54) is 24.5 Å². The zero-order valence-electron chi connectivity index (χ0n) is 16.5. The van der Waals surface area contributed by atoms with Crippen molar-refractivity contribution in [1.29, 1.82) is 0 Å². The number of aromatic nitrogens is 1. The normalized spacial score (nSPS) is 11.1. The first-order valence-electron chi connectivity index (χ1n) is 9.13. The minimum atomic E-state index is -4.41. The molecule has 0 aliphatic carbocycles. The quantitative estimate of drug-likeness (QED) is 0.473. The second-order valence-electron chi connectivity index (χ2n) is 6.39. The number of benzene rings is 2. The lowest BCUT2D eigenvalue weighted by Crippen LogP contribution is -2.23. The Labute approximate surface area is 181 Å². The first-order chi connectivity index (χ1) is 14.8. The van der Waals surface area contributed by atoms with Gasteiger partial charge in [0, 0.05) is 17.5 Å². The van der Waals surface area contributed by atoms with E-state index in [0.717, 1.165) is 17.7 Å². The molecule has 1 N–H and O–H groups in total. The van der Waals surface area contributed by atoms with Crippen molar-refractivity contribution in [3.8, 4) is 22.1 Å². The molecular formula is C22H19F3N2O3S. The van der Waals surface area contributed by atoms with Crippen LogP contribution in [0.4, 0.5) is 13.2 Å². The fourth-order valence-electron chi connectivity index (χ4n) is 2.68. The molecule has 162 valence electrons. The molecule has 1 heterocycles. The third kappa shape index (κ3) is 5.64. The van der Waals surface area contributed by atoms with Crippen molar-refractivity contribution < 1.29 is 27.4 Å². The first-order valence-corrected chi connectivity index (χ1v) is 10.0. The van der Waals surface area contributed by atoms with Crippen LogP contribution < -0.4 is 14.8 Å². The Morgan fingerprint density at radius 2 is 2.03 bits per heavy atom. The molecule has 0 radical (unpaired) electrons. The van der Waals surface area contributed by atoms with Crippen molar-refractivity contribution >= 4 is 17.2 Å². The summed E-state index contributed by atoms with van der Waals surface area (Å²) < 4.78 is 49.7. The number of halogens is 3. The smallest absolute Gasteiger partial charge is 0.416 e. The number of methoxy groups -OCH3 is 1. The first kappa shape index (κ1) is 22.4. The van der Waals surface area contributed by atoms with E-state index >= 15 is 0 Å². The number of nitrogens with one attached hydrogen (secondary N) is 1. The summed E-state index contributed by atoms with van der Waals surface area (Å²) in [6.45, 7) is 3.84. The third-order valence-corrected chi connectivity index (χ3v) is 5.09. The number of hydrogen-bond donors (Lipinski definition) is 1. The van der Waals surface area contributed by atoms with E-state index in [2.05, 4.69) is 16.9 Å². The van der Waals surface area contributed by atoms with Crippen LogP contribution in [0.1, 0.15) is 21.6 Å². The van der Waals surface area contributed by atoms with E-state index in [1.807, 2.05) is 0 Å². The van der Waals surface area contributed by atoms with Crippen molar-refractivity contribution in [3.63, 3.8) is 0 Å². The summed E-state index contributed by atoms with van der Waals surface area (Å²) in [4.78, 5) is 16.3. The van der Waals surface area contributed by atoms with Gasteiger partial charge in [0.2, 0.25) is 0 Å². The van der Waals surface area contributed by atoms with Gasteiger partial charge in [0.1, 0.15) is 17.3 Å². The lowest BCUT2D eigenvalue weighted by Gasteiger charge is -2.13. The van der Waals surface area contributed by atoms with Gasteiger partial charge in [-0.15, -0.1) is 17.9 Å². The van der Waals surface area contributed by atoms with Crippen molar-refractivity contribution in [2.45, 2.75) is 12.8 Å². The van der Waals surface area contributed by atoms with Gasteiger partial charge in [-0.05, 0) is 35.9 Å². The lowest BCUT2D eigenvalue weighted by atomic mass is 10.1. The third-order valence-electron chi connectivity index (χ3n) is 4.20. The Bertz CT molecular complexity index is 1080. The van der Waals surface area contributed by atoms with Crippen molar-refractivity contribution in [3.05, 3.63) is 77.3 Å². The molecule has 0 saturated carbocycles. The number of hydrogen-bond acceptors (Lipinski definition) is 5. The Morgan fingerprint density at radius 1 is 1.23 bits per heavy atom. The van der Waals surface area contributed by atoms with Gasteiger partial charge in [0.15, 0.2) is 11.5 Å². The summed E-state index contributed by atoms with van der Waals surface area (Å²) in [7, 11) is 1.46. The Kier molecular flexibility index (Phi) is 6.96. The number of alkyl halides is 3. The highest BCUT2D eigenvalue weighted by Crippen LogP contribution is 2.35. The van der Waals surface area contributed by atoms with Gasteiger partial charge in [-0.3, -0.25) is 4.79 Å². The van der Waals surface area contributed by atoms with Crippen LogP contribution in [0.3, 0.4) is 0 Å². The summed E-state index contributed by atoms with van der Waals surface area (Å²) in [5.74, 6) is 0.483. The molecule has 2 aromatic carbocycles. The molecule has 31 heavy (non-hydrogen) atoms. The Hall–Kier alpha value is -3.33. The fourth-order valence-corrected chi connectivity index (χ4v) is 3.48. The molecule has 0 saturated heterocycles. The van der Waals surface area contributed by atoms with Gasteiger partial charge < -0.3 is 14.8 Å². The molecule has 0 aliphatic heterocycles. The summed E-state index contributed by atoms with van der Waals surface area (Å²) >= 11 is 1.30. The number of amides is 1. The second-order valence-corrected chi connectivity index (χ2v) is 7.25. The van der Waals surface area contributed by atoms with Gasteiger partial charge >= 0.3 is 6.18 Å². The highest BCUT2D eigenvalue weighted by Gasteiger charge is 2.30. The SMILES string of the molecule is C=CCNC(=O)c1csc(-c2ccc(OCc3cccc(C(F)(F)F)c3)c(OC)c2)n1. The summed E-state index contributed by atoms with van der Waals surface area (Å²) in [6.07, 6.45) is -2.83. The van der Waals surface area contributed by atoms with Crippen LogP contribution in [0.15, 0.2) is 60.5 Å². The van der Waals surface area contributed by atoms with E-state index in [-0.39, 0.29) is 12.5 Å². The number of carbonyl (C=O) groups excluding carboxylic acids is 1. The second kappa shape index (κ2) is 9.65. The number of thiazole rings is 1. The maximum Gasteiger partial charge on any atom is 0.416 e. The molecule has 0 unspecified atom stereocenters. The fraction of sp³-hybridized carbons (Fsp3) is 0.182. The van der Waals surface area contributed by atoms with E-state index in [1.54, 1.807) is 35.7 Å². The van der Waals surface area contributed by atoms with Gasteiger partial charge in [-0.25, -0.2) is 4.98 Å². The van der Waals surface area contributed by atoms with Crippen LogP contribution in [0.2, 0.25) is 0 Å². The van der Waals surface area contributed by atoms with Crippen molar-refractivity contribution in [2.75, 3.05) is 13.7 Å². The lowest BCUT2D eigenvalue weighted by molar-refractivity contribution is -0.137. The predicted molar refractivity (Wildman–Crippen MR) is 112 cm³/mol. The number of ether oxygens (including phenoxy) is 2. The van der Waals surface area contributed by atoms with Gasteiger partial charge in [0.05, 0.1) is 12.7 Å². The van der Waals surface area contributed by atoms with Crippen LogP contribution >= 0.6 is 11.3 Å². The molecule has 9 heteroatoms. The monoisotopic (exact) mass is 448 g/mol. The summed E-state index contributed by atoms with van der Waals surface area (Å²) in [5.41, 5.74) is 0.672. The van der Waals surface area contributed by atoms with Crippen LogP contribution in [-0.2, 0) is 12.8 Å². The molecule has 5 nitrogen and oxygen atoms in total. The highest BCUT2D eigenvalue weighted by atomic mass is 32.1. The molecule has 0 spiro atoms. The Balaban J connectivity index is 1.74. The largest absolute Gasteiger partial charge is 0.493 e. The van der Waals surface area contributed by atoms with E-state index in [9.17, 15) is 18.0 Å². The topological polar surface area (TPSA) is 60.5 Å². The number of rotatable bonds is 8. The average Bonchev–Trinajstić information content (AvgIpc) is 3.26. The molecule has 0 atom stereocenters. The molecule has 0 fully saturated rings. The minimum Gasteiger partial charge on any atom is -0.493 e. The van der Waals surface area contributed by atoms with Gasteiger partial charge in [0.25, 0.3) is 5.91 Å². The zero-order valence-corrected chi connectivity index (χ0v) is 17.3. The van der Waals surface area contributed by atoms with Gasteiger partial charge in [-0.2, -0.15) is 13.2 Å². The van der Waals surface area contributed by atoms with Crippen LogP contribution in [0.5, 0.6) is 11.5 Å². The van der Waals surface area contributed by atoms with Crippen LogP contribution in [0.25, 0.3) is 10.6 Å². The molecule has 3 aromatic rings. The summed E-state index contributed by atoms with van der Waals surface area (Å²) in [6, 6.07) is 10.1. The number of nitrogens with zero attached hydrogens (tertiary/aromatic N) is 1. The predicted octanol–water partition coefficient (Wildman–Crippen LogP) is 5.33. The van der Waals surface area contributed by atoms with E-state index < -0.39 is 11.7 Å². The zero-order chi connectivity index (χ0) is 22.4. The molecule has 0 aliphatic rings.